The molecule has 0 unspecified atom stereocenters. The smallest absolute Gasteiger partial charge is 0.242 e. The van der Waals surface area contributed by atoms with E-state index in [0.29, 0.717) is 33.6 Å². The van der Waals surface area contributed by atoms with Crippen LogP contribution in [0.4, 0.5) is 5.69 Å². The molecule has 0 aliphatic rings. The van der Waals surface area contributed by atoms with Crippen LogP contribution in [0.3, 0.4) is 0 Å². The van der Waals surface area contributed by atoms with Crippen molar-refractivity contribution in [2.45, 2.75) is 58.5 Å². The summed E-state index contributed by atoms with van der Waals surface area (Å²) in [6, 6.07) is 8.84. The maximum absolute atomic E-state index is 13.5. The van der Waals surface area contributed by atoms with Crippen LogP contribution in [0.15, 0.2) is 36.4 Å². The highest BCUT2D eigenvalue weighted by atomic mass is 35.5. The normalized spacial score (nSPS) is 12.2. The summed E-state index contributed by atoms with van der Waals surface area (Å²) >= 11 is 25.1. The average Bonchev–Trinajstić information content (AvgIpc) is 2.84. The number of amides is 2. The minimum atomic E-state index is -3.72. The Labute approximate surface area is 245 Å². The van der Waals surface area contributed by atoms with Gasteiger partial charge in [-0.2, -0.15) is 0 Å². The van der Waals surface area contributed by atoms with Gasteiger partial charge in [-0.05, 0) is 49.6 Å². The largest absolute Gasteiger partial charge is 0.354 e. The number of nitrogens with one attached hydrogen (secondary N) is 1. The van der Waals surface area contributed by atoms with Crippen LogP contribution in [-0.2, 0) is 26.2 Å². The minimum Gasteiger partial charge on any atom is -0.354 e. The van der Waals surface area contributed by atoms with Crippen molar-refractivity contribution in [3.8, 4) is 0 Å². The van der Waals surface area contributed by atoms with Crippen LogP contribution in [0.25, 0.3) is 0 Å². The van der Waals surface area contributed by atoms with Gasteiger partial charge in [0.1, 0.15) is 6.04 Å². The van der Waals surface area contributed by atoms with E-state index in [4.69, 9.17) is 46.4 Å². The standard InChI is InChI=1S/C26H33Cl4N3O4S/c1-4-6-14-31-26(35)23(5-2)32(17-19-20(28)9-7-10-21(19)29)25(34)11-8-15-33(38(3,36)37)24-16-18(27)12-13-22(24)30/h7,9-10,12-13,16,23H,4-6,8,11,14-15,17H2,1-3H3,(H,31,35)/t23-/m0/s1. The molecule has 0 radical (unpaired) electrons. The van der Waals surface area contributed by atoms with Crippen molar-refractivity contribution in [3.63, 3.8) is 0 Å². The maximum atomic E-state index is 13.5. The predicted molar refractivity (Wildman–Crippen MR) is 157 cm³/mol. The molecule has 0 heterocycles. The molecule has 12 heteroatoms. The van der Waals surface area contributed by atoms with Crippen LogP contribution in [0.5, 0.6) is 0 Å². The van der Waals surface area contributed by atoms with Gasteiger partial charge in [0.15, 0.2) is 0 Å². The maximum Gasteiger partial charge on any atom is 0.242 e. The zero-order chi connectivity index (χ0) is 28.5. The lowest BCUT2D eigenvalue weighted by Crippen LogP contribution is -2.49. The zero-order valence-electron chi connectivity index (χ0n) is 21.6. The quantitative estimate of drug-likeness (QED) is 0.241. The van der Waals surface area contributed by atoms with Crippen LogP contribution < -0.4 is 9.62 Å². The number of sulfonamides is 1. The molecule has 2 aromatic rings. The lowest BCUT2D eigenvalue weighted by atomic mass is 10.1. The van der Waals surface area contributed by atoms with E-state index in [2.05, 4.69) is 5.32 Å². The molecular weight excluding hydrogens is 592 g/mol. The van der Waals surface area contributed by atoms with Gasteiger partial charge >= 0.3 is 0 Å². The fraction of sp³-hybridized carbons (Fsp3) is 0.462. The summed E-state index contributed by atoms with van der Waals surface area (Å²) in [5, 5.41) is 4.22. The molecule has 0 aromatic heterocycles. The summed E-state index contributed by atoms with van der Waals surface area (Å²) in [7, 11) is -3.72. The second-order valence-corrected chi connectivity index (χ2v) is 12.4. The third kappa shape index (κ3) is 9.19. The van der Waals surface area contributed by atoms with Gasteiger partial charge in [0.2, 0.25) is 21.8 Å². The van der Waals surface area contributed by atoms with Gasteiger partial charge in [-0.15, -0.1) is 0 Å². The number of benzene rings is 2. The summed E-state index contributed by atoms with van der Waals surface area (Å²) < 4.78 is 26.2. The molecule has 0 bridgehead atoms. The molecule has 1 N–H and O–H groups in total. The van der Waals surface area contributed by atoms with E-state index in [-0.39, 0.29) is 48.5 Å². The van der Waals surface area contributed by atoms with Gasteiger partial charge in [0.25, 0.3) is 0 Å². The highest BCUT2D eigenvalue weighted by Gasteiger charge is 2.30. The lowest BCUT2D eigenvalue weighted by Gasteiger charge is -2.31. The number of halogens is 4. The van der Waals surface area contributed by atoms with Gasteiger partial charge in [-0.1, -0.05) is 72.7 Å². The summed E-state index contributed by atoms with van der Waals surface area (Å²) in [6.07, 6.45) is 3.33. The van der Waals surface area contributed by atoms with Crippen molar-refractivity contribution >= 4 is 73.9 Å². The molecule has 7 nitrogen and oxygen atoms in total. The fourth-order valence-electron chi connectivity index (χ4n) is 3.94. The van der Waals surface area contributed by atoms with Crippen molar-refractivity contribution in [3.05, 3.63) is 62.1 Å². The highest BCUT2D eigenvalue weighted by Crippen LogP contribution is 2.31. The molecule has 0 saturated heterocycles. The molecule has 0 aliphatic heterocycles. The molecule has 2 aromatic carbocycles. The molecule has 0 fully saturated rings. The molecule has 0 aliphatic carbocycles. The van der Waals surface area contributed by atoms with E-state index < -0.39 is 16.1 Å². The first-order valence-electron chi connectivity index (χ1n) is 12.3. The van der Waals surface area contributed by atoms with Crippen molar-refractivity contribution in [1.29, 1.82) is 0 Å². The second kappa shape index (κ2) is 15.2. The molecule has 0 spiro atoms. The van der Waals surface area contributed by atoms with Crippen LogP contribution in [-0.4, -0.2) is 50.5 Å². The number of nitrogens with zero attached hydrogens (tertiary/aromatic N) is 2. The van der Waals surface area contributed by atoms with Gasteiger partial charge < -0.3 is 10.2 Å². The molecule has 1 atom stereocenters. The Balaban J connectivity index is 2.29. The molecule has 0 saturated carbocycles. The highest BCUT2D eigenvalue weighted by molar-refractivity contribution is 7.92. The number of hydrogen-bond acceptors (Lipinski definition) is 4. The monoisotopic (exact) mass is 623 g/mol. The number of hydrogen-bond donors (Lipinski definition) is 1. The third-order valence-electron chi connectivity index (χ3n) is 5.93. The molecule has 210 valence electrons. The Morgan fingerprint density at radius 3 is 2.21 bits per heavy atom. The van der Waals surface area contributed by atoms with E-state index in [0.717, 1.165) is 23.4 Å². The van der Waals surface area contributed by atoms with Crippen molar-refractivity contribution in [2.24, 2.45) is 0 Å². The number of anilines is 1. The van der Waals surface area contributed by atoms with Crippen molar-refractivity contribution in [2.75, 3.05) is 23.7 Å². The van der Waals surface area contributed by atoms with Crippen LogP contribution >= 0.6 is 46.4 Å². The van der Waals surface area contributed by atoms with Crippen molar-refractivity contribution < 1.29 is 18.0 Å². The van der Waals surface area contributed by atoms with Crippen LogP contribution in [0, 0.1) is 0 Å². The lowest BCUT2D eigenvalue weighted by molar-refractivity contribution is -0.141. The molecule has 38 heavy (non-hydrogen) atoms. The topological polar surface area (TPSA) is 86.8 Å². The first-order valence-corrected chi connectivity index (χ1v) is 15.7. The summed E-state index contributed by atoms with van der Waals surface area (Å²) in [4.78, 5) is 28.0. The van der Waals surface area contributed by atoms with Crippen LogP contribution in [0.1, 0.15) is 51.5 Å². The first-order chi connectivity index (χ1) is 17.9. The van der Waals surface area contributed by atoms with Crippen molar-refractivity contribution in [1.82, 2.24) is 10.2 Å². The van der Waals surface area contributed by atoms with E-state index >= 15 is 0 Å². The SMILES string of the molecule is CCCCNC(=O)[C@H](CC)N(Cc1c(Cl)cccc1Cl)C(=O)CCCN(c1cc(Cl)ccc1Cl)S(C)(=O)=O. The molecule has 2 amide bonds. The minimum absolute atomic E-state index is 0.00911. The van der Waals surface area contributed by atoms with Gasteiger partial charge in [0.05, 0.1) is 17.0 Å². The number of carbonyl (C=O) groups excluding carboxylic acids is 2. The van der Waals surface area contributed by atoms with Gasteiger partial charge in [-0.25, -0.2) is 8.42 Å². The van der Waals surface area contributed by atoms with E-state index in [1.807, 2.05) is 13.8 Å². The Hall–Kier alpha value is -1.71. The number of rotatable bonds is 14. The summed E-state index contributed by atoms with van der Waals surface area (Å²) in [6.45, 7) is 4.38. The Bertz CT molecular complexity index is 1210. The summed E-state index contributed by atoms with van der Waals surface area (Å²) in [5.41, 5.74) is 0.767. The third-order valence-corrected chi connectivity index (χ3v) is 8.38. The van der Waals surface area contributed by atoms with Gasteiger partial charge in [-0.3, -0.25) is 13.9 Å². The number of unbranched alkanes of at least 4 members (excludes halogenated alkanes) is 1. The van der Waals surface area contributed by atoms with Gasteiger partial charge in [0, 0.05) is 46.7 Å². The Kier molecular flexibility index (Phi) is 13.0. The number of carbonyl (C=O) groups is 2. The molecule has 2 rings (SSSR count). The second-order valence-electron chi connectivity index (χ2n) is 8.82. The Morgan fingerprint density at radius 2 is 1.63 bits per heavy atom. The Morgan fingerprint density at radius 1 is 0.974 bits per heavy atom. The van der Waals surface area contributed by atoms with E-state index in [1.165, 1.54) is 17.0 Å². The average molecular weight is 625 g/mol. The van der Waals surface area contributed by atoms with Crippen LogP contribution in [0.2, 0.25) is 20.1 Å². The van der Waals surface area contributed by atoms with E-state index in [1.54, 1.807) is 24.3 Å². The van der Waals surface area contributed by atoms with E-state index in [9.17, 15) is 18.0 Å². The first kappa shape index (κ1) is 32.5. The fourth-order valence-corrected chi connectivity index (χ4v) is 5.86. The predicted octanol–water partition coefficient (Wildman–Crippen LogP) is 6.57. The molecular formula is C26H33Cl4N3O4S. The zero-order valence-corrected chi connectivity index (χ0v) is 25.5. The summed E-state index contributed by atoms with van der Waals surface area (Å²) in [5.74, 6) is -0.593.